The van der Waals surface area contributed by atoms with Crippen molar-refractivity contribution in [2.75, 3.05) is 31.1 Å². The number of fused-ring (bicyclic) bond motifs is 1. The molecule has 0 amide bonds. The van der Waals surface area contributed by atoms with Crippen molar-refractivity contribution >= 4 is 17.0 Å². The summed E-state index contributed by atoms with van der Waals surface area (Å²) >= 11 is 0. The van der Waals surface area contributed by atoms with E-state index in [1.807, 2.05) is 18.5 Å². The van der Waals surface area contributed by atoms with Gasteiger partial charge in [0.05, 0.1) is 6.54 Å². The lowest BCUT2D eigenvalue weighted by atomic mass is 10.2. The van der Waals surface area contributed by atoms with E-state index in [4.69, 9.17) is 9.97 Å². The Morgan fingerprint density at radius 3 is 2.48 bits per heavy atom. The van der Waals surface area contributed by atoms with Gasteiger partial charge in [0.15, 0.2) is 11.2 Å². The Balaban J connectivity index is 1.52. The number of hydrogen-bond donors (Lipinski definition) is 1. The Kier molecular flexibility index (Phi) is 6.64. The van der Waals surface area contributed by atoms with Crippen LogP contribution in [-0.2, 0) is 20.1 Å². The van der Waals surface area contributed by atoms with Crippen LogP contribution >= 0.6 is 0 Å². The molecule has 1 aliphatic rings. The molecule has 10 nitrogen and oxygen atoms in total. The quantitative estimate of drug-likeness (QED) is 0.580. The van der Waals surface area contributed by atoms with Crippen LogP contribution in [0.25, 0.3) is 11.2 Å². The summed E-state index contributed by atoms with van der Waals surface area (Å²) in [4.78, 5) is 46.0. The molecule has 0 aliphatic carbocycles. The molecule has 0 unspecified atom stereocenters. The van der Waals surface area contributed by atoms with Crippen LogP contribution in [0.3, 0.4) is 0 Å². The highest BCUT2D eigenvalue weighted by Gasteiger charge is 2.23. The molecule has 3 aromatic rings. The van der Waals surface area contributed by atoms with E-state index >= 15 is 0 Å². The normalized spacial score (nSPS) is 15.2. The fraction of sp³-hybridized carbons (Fsp3) is 0.609. The number of unbranched alkanes of at least 4 members (excludes halogenated alkanes) is 1. The highest BCUT2D eigenvalue weighted by atomic mass is 16.2. The van der Waals surface area contributed by atoms with Crippen molar-refractivity contribution < 1.29 is 0 Å². The maximum absolute atomic E-state index is 12.5. The Morgan fingerprint density at radius 2 is 1.82 bits per heavy atom. The van der Waals surface area contributed by atoms with Gasteiger partial charge in [0, 0.05) is 57.4 Å². The molecule has 4 rings (SSSR count). The number of hydrogen-bond acceptors (Lipinski definition) is 7. The van der Waals surface area contributed by atoms with Crippen molar-refractivity contribution in [1.82, 2.24) is 34.0 Å². The number of piperazine rings is 1. The summed E-state index contributed by atoms with van der Waals surface area (Å²) in [5.41, 5.74) is 1.15. The average Bonchev–Trinajstić information content (AvgIpc) is 3.10. The molecule has 1 N–H and O–H groups in total. The molecule has 0 saturated carbocycles. The molecule has 0 bridgehead atoms. The van der Waals surface area contributed by atoms with Crippen LogP contribution in [0.4, 0.5) is 5.82 Å². The number of nitrogens with one attached hydrogen (secondary N) is 1. The largest absolute Gasteiger partial charge is 0.354 e. The van der Waals surface area contributed by atoms with Gasteiger partial charge in [-0.15, -0.1) is 0 Å². The van der Waals surface area contributed by atoms with E-state index in [0.29, 0.717) is 30.2 Å². The van der Waals surface area contributed by atoms with E-state index < -0.39 is 0 Å². The zero-order valence-electron chi connectivity index (χ0n) is 20.3. The predicted molar refractivity (Wildman–Crippen MR) is 129 cm³/mol. The van der Waals surface area contributed by atoms with Crippen LogP contribution in [-0.4, -0.2) is 60.1 Å². The van der Waals surface area contributed by atoms with E-state index in [9.17, 15) is 9.59 Å². The number of aromatic amines is 1. The van der Waals surface area contributed by atoms with Crippen molar-refractivity contribution in [2.45, 2.75) is 59.5 Å². The number of rotatable bonds is 7. The first-order chi connectivity index (χ1) is 15.8. The van der Waals surface area contributed by atoms with Gasteiger partial charge in [0.25, 0.3) is 5.56 Å². The second-order valence-electron chi connectivity index (χ2n) is 9.17. The summed E-state index contributed by atoms with van der Waals surface area (Å²) in [6.07, 6.45) is 1.82. The number of aromatic nitrogens is 6. The molecule has 33 heavy (non-hydrogen) atoms. The zero-order chi connectivity index (χ0) is 23.7. The molecular weight excluding hydrogens is 420 g/mol. The number of nitrogens with zero attached hydrogens (tertiary/aromatic N) is 7. The fourth-order valence-corrected chi connectivity index (χ4v) is 4.29. The third-order valence-corrected chi connectivity index (χ3v) is 6.28. The average molecular weight is 455 g/mol. The van der Waals surface area contributed by atoms with Crippen LogP contribution in [0.15, 0.2) is 15.7 Å². The summed E-state index contributed by atoms with van der Waals surface area (Å²) in [5, 5.41) is 0. The van der Waals surface area contributed by atoms with Crippen molar-refractivity contribution in [2.24, 2.45) is 7.05 Å². The van der Waals surface area contributed by atoms with Crippen LogP contribution in [0.1, 0.15) is 56.9 Å². The first-order valence-electron chi connectivity index (χ1n) is 11.8. The van der Waals surface area contributed by atoms with Gasteiger partial charge in [-0.05, 0) is 13.3 Å². The van der Waals surface area contributed by atoms with E-state index in [0.717, 1.165) is 62.2 Å². The van der Waals surface area contributed by atoms with Crippen LogP contribution in [0, 0.1) is 6.92 Å². The van der Waals surface area contributed by atoms with Gasteiger partial charge in [0.2, 0.25) is 0 Å². The standard InChI is InChI=1S/C23H34N8O2/c1-6-7-8-31-21-19(22(32)27-23(31)33)28(5)18(26-21)14-29-9-11-30(12-10-29)17-13-16(4)24-20(25-17)15(2)3/h13,15H,6-12,14H2,1-5H3,(H,27,32,33). The van der Waals surface area contributed by atoms with Crippen LogP contribution in [0.5, 0.6) is 0 Å². The van der Waals surface area contributed by atoms with Gasteiger partial charge in [-0.25, -0.2) is 19.7 Å². The lowest BCUT2D eigenvalue weighted by Gasteiger charge is -2.35. The minimum absolute atomic E-state index is 0.292. The topological polar surface area (TPSA) is 105 Å². The first-order valence-corrected chi connectivity index (χ1v) is 11.8. The SMILES string of the molecule is CCCCn1c(=O)[nH]c(=O)c2c1nc(CN1CCN(c3cc(C)nc(C(C)C)n3)CC1)n2C. The van der Waals surface area contributed by atoms with E-state index in [1.165, 1.54) is 0 Å². The maximum Gasteiger partial charge on any atom is 0.330 e. The Labute approximate surface area is 193 Å². The lowest BCUT2D eigenvalue weighted by Crippen LogP contribution is -2.46. The van der Waals surface area contributed by atoms with Crippen molar-refractivity contribution in [1.29, 1.82) is 0 Å². The van der Waals surface area contributed by atoms with Gasteiger partial charge in [-0.1, -0.05) is 27.2 Å². The van der Waals surface area contributed by atoms with E-state index in [1.54, 1.807) is 4.57 Å². The first kappa shape index (κ1) is 23.2. The third kappa shape index (κ3) is 4.71. The monoisotopic (exact) mass is 454 g/mol. The predicted octanol–water partition coefficient (Wildman–Crippen LogP) is 1.77. The molecular formula is C23H34N8O2. The molecule has 1 fully saturated rings. The molecule has 0 aromatic carbocycles. The van der Waals surface area contributed by atoms with Crippen LogP contribution in [0.2, 0.25) is 0 Å². The molecule has 1 aliphatic heterocycles. The van der Waals surface area contributed by atoms with Gasteiger partial charge >= 0.3 is 5.69 Å². The molecule has 0 radical (unpaired) electrons. The molecule has 0 atom stereocenters. The van der Waals surface area contributed by atoms with Gasteiger partial charge in [-0.3, -0.25) is 19.2 Å². The van der Waals surface area contributed by atoms with E-state index in [-0.39, 0.29) is 11.2 Å². The van der Waals surface area contributed by atoms with Crippen molar-refractivity contribution in [3.63, 3.8) is 0 Å². The minimum atomic E-state index is -0.389. The van der Waals surface area contributed by atoms with Crippen molar-refractivity contribution in [3.05, 3.63) is 44.2 Å². The molecule has 10 heteroatoms. The number of anilines is 1. The van der Waals surface area contributed by atoms with Gasteiger partial charge < -0.3 is 9.47 Å². The van der Waals surface area contributed by atoms with Gasteiger partial charge in [-0.2, -0.15) is 0 Å². The lowest BCUT2D eigenvalue weighted by molar-refractivity contribution is 0.241. The Morgan fingerprint density at radius 1 is 1.09 bits per heavy atom. The molecule has 4 heterocycles. The minimum Gasteiger partial charge on any atom is -0.354 e. The fourth-order valence-electron chi connectivity index (χ4n) is 4.29. The molecule has 1 saturated heterocycles. The second kappa shape index (κ2) is 9.46. The Bertz CT molecular complexity index is 1250. The van der Waals surface area contributed by atoms with Gasteiger partial charge in [0.1, 0.15) is 17.5 Å². The third-order valence-electron chi connectivity index (χ3n) is 6.28. The number of imidazole rings is 1. The van der Waals surface area contributed by atoms with Crippen LogP contribution < -0.4 is 16.1 Å². The smallest absolute Gasteiger partial charge is 0.330 e. The summed E-state index contributed by atoms with van der Waals surface area (Å²) in [7, 11) is 1.85. The summed E-state index contributed by atoms with van der Waals surface area (Å²) in [6.45, 7) is 12.9. The highest BCUT2D eigenvalue weighted by molar-refractivity contribution is 5.70. The number of H-pyrrole nitrogens is 1. The summed E-state index contributed by atoms with van der Waals surface area (Å²) in [5.74, 6) is 2.95. The summed E-state index contributed by atoms with van der Waals surface area (Å²) in [6, 6.07) is 2.05. The molecule has 0 spiro atoms. The summed E-state index contributed by atoms with van der Waals surface area (Å²) < 4.78 is 3.41. The highest BCUT2D eigenvalue weighted by Crippen LogP contribution is 2.20. The zero-order valence-corrected chi connectivity index (χ0v) is 20.3. The Hall–Kier alpha value is -3.01. The molecule has 178 valence electrons. The van der Waals surface area contributed by atoms with Crippen molar-refractivity contribution in [3.8, 4) is 0 Å². The molecule has 3 aromatic heterocycles. The maximum atomic E-state index is 12.5. The number of aryl methyl sites for hydroxylation is 3. The second-order valence-corrected chi connectivity index (χ2v) is 9.17. The van der Waals surface area contributed by atoms with E-state index in [2.05, 4.69) is 46.6 Å².